The van der Waals surface area contributed by atoms with Crippen LogP contribution in [0.25, 0.3) is 0 Å². The third-order valence-corrected chi connectivity index (χ3v) is 3.33. The third kappa shape index (κ3) is 4.27. The summed E-state index contributed by atoms with van der Waals surface area (Å²) in [5.74, 6) is 2.57. The Morgan fingerprint density at radius 2 is 2.11 bits per heavy atom. The maximum atomic E-state index is 12.1. The summed E-state index contributed by atoms with van der Waals surface area (Å²) in [5.41, 5.74) is 1.10. The number of benzene rings is 1. The quantitative estimate of drug-likeness (QED) is 0.637. The highest BCUT2D eigenvalue weighted by Gasteiger charge is 2.32. The fraction of sp³-hybridized carbons (Fsp3) is 0.400. The van der Waals surface area contributed by atoms with Gasteiger partial charge in [0.25, 0.3) is 0 Å². The minimum atomic E-state index is 0.104. The molecule has 1 aromatic rings. The Hall–Kier alpha value is -1.50. The second kappa shape index (κ2) is 6.60. The maximum Gasteiger partial charge on any atom is 0.237 e. The zero-order chi connectivity index (χ0) is 13.7. The van der Waals surface area contributed by atoms with Crippen LogP contribution in [-0.4, -0.2) is 29.9 Å². The van der Waals surface area contributed by atoms with Gasteiger partial charge in [-0.25, -0.2) is 0 Å². The standard InChI is InChI=1S/C15H17ClN2O/c1-2-9-17-10-15(19)18(14-7-8-14)11-12-3-5-13(16)6-4-12/h1,3-6,14,17H,7-11H2. The number of hydrogen-bond acceptors (Lipinski definition) is 2. The van der Waals surface area contributed by atoms with E-state index in [9.17, 15) is 4.79 Å². The summed E-state index contributed by atoms with van der Waals surface area (Å²) in [6.45, 7) is 1.36. The molecule has 0 spiro atoms. The minimum Gasteiger partial charge on any atom is -0.334 e. The molecule has 4 heteroatoms. The van der Waals surface area contributed by atoms with Gasteiger partial charge in [0.15, 0.2) is 0 Å². The van der Waals surface area contributed by atoms with Crippen LogP contribution in [0.1, 0.15) is 18.4 Å². The van der Waals surface area contributed by atoms with E-state index in [-0.39, 0.29) is 5.91 Å². The van der Waals surface area contributed by atoms with Gasteiger partial charge < -0.3 is 4.90 Å². The van der Waals surface area contributed by atoms with Gasteiger partial charge in [0, 0.05) is 17.6 Å². The van der Waals surface area contributed by atoms with Crippen LogP contribution in [-0.2, 0) is 11.3 Å². The van der Waals surface area contributed by atoms with Gasteiger partial charge in [0.2, 0.25) is 5.91 Å². The lowest BCUT2D eigenvalue weighted by atomic mass is 10.2. The van der Waals surface area contributed by atoms with E-state index in [2.05, 4.69) is 11.2 Å². The highest BCUT2D eigenvalue weighted by molar-refractivity contribution is 6.30. The van der Waals surface area contributed by atoms with E-state index in [1.54, 1.807) is 0 Å². The van der Waals surface area contributed by atoms with E-state index < -0.39 is 0 Å². The summed E-state index contributed by atoms with van der Waals surface area (Å²) < 4.78 is 0. The lowest BCUT2D eigenvalue weighted by molar-refractivity contribution is -0.131. The van der Waals surface area contributed by atoms with Crippen molar-refractivity contribution in [2.45, 2.75) is 25.4 Å². The Kier molecular flexibility index (Phi) is 4.84. The molecule has 1 aliphatic rings. The van der Waals surface area contributed by atoms with E-state index in [4.69, 9.17) is 18.0 Å². The first kappa shape index (κ1) is 13.9. The second-order valence-electron chi connectivity index (χ2n) is 4.69. The molecule has 0 saturated heterocycles. The molecule has 0 bridgehead atoms. The summed E-state index contributed by atoms with van der Waals surface area (Å²) >= 11 is 5.86. The van der Waals surface area contributed by atoms with E-state index in [0.717, 1.165) is 18.4 Å². The highest BCUT2D eigenvalue weighted by Crippen LogP contribution is 2.28. The van der Waals surface area contributed by atoms with E-state index >= 15 is 0 Å². The molecule has 100 valence electrons. The SMILES string of the molecule is C#CCNCC(=O)N(Cc1ccc(Cl)cc1)C1CC1. The monoisotopic (exact) mass is 276 g/mol. The van der Waals surface area contributed by atoms with Gasteiger partial charge in [0.05, 0.1) is 13.1 Å². The molecule has 2 rings (SSSR count). The van der Waals surface area contributed by atoms with Gasteiger partial charge in [-0.3, -0.25) is 10.1 Å². The number of nitrogens with one attached hydrogen (secondary N) is 1. The van der Waals surface area contributed by atoms with Crippen LogP contribution in [0.5, 0.6) is 0 Å². The smallest absolute Gasteiger partial charge is 0.237 e. The molecule has 1 saturated carbocycles. The van der Waals surface area contributed by atoms with Gasteiger partial charge in [-0.05, 0) is 30.5 Å². The summed E-state index contributed by atoms with van der Waals surface area (Å²) in [7, 11) is 0. The molecule has 1 amide bonds. The number of amides is 1. The topological polar surface area (TPSA) is 32.3 Å². The van der Waals surface area contributed by atoms with Gasteiger partial charge in [-0.15, -0.1) is 6.42 Å². The van der Waals surface area contributed by atoms with Crippen molar-refractivity contribution in [1.82, 2.24) is 10.2 Å². The first-order valence-electron chi connectivity index (χ1n) is 6.39. The lowest BCUT2D eigenvalue weighted by Crippen LogP contribution is -2.39. The molecule has 1 fully saturated rings. The summed E-state index contributed by atoms with van der Waals surface area (Å²) in [5, 5.41) is 3.66. The van der Waals surface area contributed by atoms with Gasteiger partial charge in [-0.2, -0.15) is 0 Å². The van der Waals surface area contributed by atoms with Gasteiger partial charge >= 0.3 is 0 Å². The maximum absolute atomic E-state index is 12.1. The molecule has 1 aromatic carbocycles. The van der Waals surface area contributed by atoms with Crippen molar-refractivity contribution in [1.29, 1.82) is 0 Å². The van der Waals surface area contributed by atoms with E-state index in [1.165, 1.54) is 0 Å². The van der Waals surface area contributed by atoms with Crippen LogP contribution >= 0.6 is 11.6 Å². The Labute approximate surface area is 118 Å². The van der Waals surface area contributed by atoms with Crippen molar-refractivity contribution < 1.29 is 4.79 Å². The zero-order valence-electron chi connectivity index (χ0n) is 10.7. The average Bonchev–Trinajstić information content (AvgIpc) is 3.22. The fourth-order valence-corrected chi connectivity index (χ4v) is 2.06. The summed E-state index contributed by atoms with van der Waals surface area (Å²) in [6.07, 6.45) is 7.33. The molecule has 1 N–H and O–H groups in total. The van der Waals surface area contributed by atoms with Crippen LogP contribution < -0.4 is 5.32 Å². The third-order valence-electron chi connectivity index (χ3n) is 3.08. The fourth-order valence-electron chi connectivity index (χ4n) is 1.94. The molecule has 0 unspecified atom stereocenters. The number of rotatable bonds is 6. The highest BCUT2D eigenvalue weighted by atomic mass is 35.5. The minimum absolute atomic E-state index is 0.104. The Morgan fingerprint density at radius 1 is 1.42 bits per heavy atom. The molecule has 1 aliphatic carbocycles. The number of halogens is 1. The molecule has 0 aromatic heterocycles. The number of terminal acetylenes is 1. The molecule has 0 heterocycles. The molecule has 0 atom stereocenters. The summed E-state index contributed by atoms with van der Waals surface area (Å²) in [6, 6.07) is 8.00. The van der Waals surface area contributed by atoms with Gasteiger partial charge in [-0.1, -0.05) is 29.7 Å². The largest absolute Gasteiger partial charge is 0.334 e. The van der Waals surface area contributed by atoms with Crippen molar-refractivity contribution in [3.63, 3.8) is 0 Å². The molecule has 0 radical (unpaired) electrons. The normalized spacial score (nSPS) is 13.9. The Bertz CT molecular complexity index is 474. The van der Waals surface area contributed by atoms with Crippen molar-refractivity contribution in [3.8, 4) is 12.3 Å². The number of nitrogens with zero attached hydrogens (tertiary/aromatic N) is 1. The number of hydrogen-bond donors (Lipinski definition) is 1. The van der Waals surface area contributed by atoms with Crippen LogP contribution in [0.15, 0.2) is 24.3 Å². The van der Waals surface area contributed by atoms with Crippen LogP contribution in [0, 0.1) is 12.3 Å². The molecular weight excluding hydrogens is 260 g/mol. The van der Waals surface area contributed by atoms with Gasteiger partial charge in [0.1, 0.15) is 0 Å². The molecular formula is C15H17ClN2O. The zero-order valence-corrected chi connectivity index (χ0v) is 11.5. The molecule has 3 nitrogen and oxygen atoms in total. The first-order valence-corrected chi connectivity index (χ1v) is 6.76. The van der Waals surface area contributed by atoms with Crippen molar-refractivity contribution in [2.75, 3.05) is 13.1 Å². The number of carbonyl (C=O) groups is 1. The molecule has 19 heavy (non-hydrogen) atoms. The predicted molar refractivity (Wildman–Crippen MR) is 76.7 cm³/mol. The van der Waals surface area contributed by atoms with Crippen LogP contribution in [0.2, 0.25) is 5.02 Å². The molecule has 0 aliphatic heterocycles. The predicted octanol–water partition coefficient (Wildman–Crippen LogP) is 2.05. The van der Waals surface area contributed by atoms with Crippen LogP contribution in [0.3, 0.4) is 0 Å². The van der Waals surface area contributed by atoms with Crippen molar-refractivity contribution in [3.05, 3.63) is 34.9 Å². The van der Waals surface area contributed by atoms with Crippen molar-refractivity contribution >= 4 is 17.5 Å². The first-order chi connectivity index (χ1) is 9.20. The van der Waals surface area contributed by atoms with Crippen LogP contribution in [0.4, 0.5) is 0 Å². The Balaban J connectivity index is 1.94. The van der Waals surface area contributed by atoms with E-state index in [1.807, 2.05) is 29.2 Å². The van der Waals surface area contributed by atoms with E-state index in [0.29, 0.717) is 30.7 Å². The lowest BCUT2D eigenvalue weighted by Gasteiger charge is -2.22. The summed E-state index contributed by atoms with van der Waals surface area (Å²) in [4.78, 5) is 14.1. The Morgan fingerprint density at radius 3 is 2.68 bits per heavy atom. The average molecular weight is 277 g/mol. The number of carbonyl (C=O) groups excluding carboxylic acids is 1. The second-order valence-corrected chi connectivity index (χ2v) is 5.12. The van der Waals surface area contributed by atoms with Crippen molar-refractivity contribution in [2.24, 2.45) is 0 Å².